The lowest BCUT2D eigenvalue weighted by Crippen LogP contribution is -2.43. The van der Waals surface area contributed by atoms with Crippen LogP contribution in [0, 0.1) is 6.92 Å². The number of aromatic nitrogens is 2. The Morgan fingerprint density at radius 1 is 1.30 bits per heavy atom. The lowest BCUT2D eigenvalue weighted by Gasteiger charge is -2.34. The molecule has 1 aliphatic rings. The van der Waals surface area contributed by atoms with Crippen molar-refractivity contribution in [2.45, 2.75) is 13.0 Å². The number of fused-ring (bicyclic) bond motifs is 1. The van der Waals surface area contributed by atoms with Gasteiger partial charge in [-0.05, 0) is 31.2 Å². The Morgan fingerprint density at radius 3 is 3.04 bits per heavy atom. The second kappa shape index (κ2) is 5.55. The molecule has 6 nitrogen and oxygen atoms in total. The normalized spacial score (nSPS) is 18.5. The van der Waals surface area contributed by atoms with E-state index in [0.717, 1.165) is 17.0 Å². The lowest BCUT2D eigenvalue weighted by molar-refractivity contribution is -0.00885. The fourth-order valence-electron chi connectivity index (χ4n) is 2.97. The first-order valence-corrected chi connectivity index (χ1v) is 7.61. The van der Waals surface area contributed by atoms with E-state index >= 15 is 0 Å². The molecule has 3 aromatic rings. The largest absolute Gasteiger partial charge is 0.464 e. The van der Waals surface area contributed by atoms with E-state index in [2.05, 4.69) is 5.10 Å². The average molecular weight is 311 g/mol. The minimum atomic E-state index is -0.205. The molecule has 1 amide bonds. The average Bonchev–Trinajstić information content (AvgIpc) is 3.20. The van der Waals surface area contributed by atoms with Crippen molar-refractivity contribution in [3.8, 4) is 0 Å². The highest BCUT2D eigenvalue weighted by molar-refractivity contribution is 6.00. The van der Waals surface area contributed by atoms with Gasteiger partial charge in [-0.25, -0.2) is 4.52 Å². The maximum atomic E-state index is 13.0. The van der Waals surface area contributed by atoms with Crippen molar-refractivity contribution in [1.82, 2.24) is 14.5 Å². The number of pyridine rings is 1. The van der Waals surface area contributed by atoms with E-state index < -0.39 is 0 Å². The molecule has 0 N–H and O–H groups in total. The molecule has 4 heterocycles. The number of hydrogen-bond donors (Lipinski definition) is 0. The van der Waals surface area contributed by atoms with Crippen molar-refractivity contribution in [3.05, 3.63) is 59.8 Å². The van der Waals surface area contributed by atoms with Gasteiger partial charge >= 0.3 is 0 Å². The Labute approximate surface area is 133 Å². The minimum Gasteiger partial charge on any atom is -0.464 e. The molecule has 0 aromatic carbocycles. The maximum Gasteiger partial charge on any atom is 0.258 e. The van der Waals surface area contributed by atoms with Gasteiger partial charge in [0.1, 0.15) is 17.6 Å². The van der Waals surface area contributed by atoms with E-state index in [4.69, 9.17) is 9.15 Å². The van der Waals surface area contributed by atoms with Crippen molar-refractivity contribution in [2.75, 3.05) is 19.8 Å². The molecule has 1 saturated heterocycles. The molecule has 6 heteroatoms. The first-order valence-electron chi connectivity index (χ1n) is 7.61. The van der Waals surface area contributed by atoms with Gasteiger partial charge in [0, 0.05) is 12.7 Å². The van der Waals surface area contributed by atoms with Crippen molar-refractivity contribution in [2.24, 2.45) is 0 Å². The number of nitrogens with zero attached hydrogens (tertiary/aromatic N) is 3. The molecule has 0 bridgehead atoms. The summed E-state index contributed by atoms with van der Waals surface area (Å²) in [5, 5.41) is 4.25. The van der Waals surface area contributed by atoms with Crippen LogP contribution >= 0.6 is 0 Å². The topological polar surface area (TPSA) is 60.0 Å². The summed E-state index contributed by atoms with van der Waals surface area (Å²) in [7, 11) is 0. The molecular weight excluding hydrogens is 294 g/mol. The first-order chi connectivity index (χ1) is 11.2. The zero-order valence-corrected chi connectivity index (χ0v) is 12.8. The zero-order valence-electron chi connectivity index (χ0n) is 12.8. The van der Waals surface area contributed by atoms with E-state index in [1.54, 1.807) is 10.7 Å². The van der Waals surface area contributed by atoms with Crippen LogP contribution in [0.2, 0.25) is 0 Å². The molecule has 1 fully saturated rings. The van der Waals surface area contributed by atoms with Crippen LogP contribution in [-0.4, -0.2) is 40.2 Å². The van der Waals surface area contributed by atoms with Gasteiger partial charge in [0.05, 0.1) is 30.5 Å². The van der Waals surface area contributed by atoms with Crippen LogP contribution in [0.25, 0.3) is 5.52 Å². The third-order valence-corrected chi connectivity index (χ3v) is 4.14. The Morgan fingerprint density at radius 2 is 2.22 bits per heavy atom. The van der Waals surface area contributed by atoms with Crippen LogP contribution in [0.5, 0.6) is 0 Å². The van der Waals surface area contributed by atoms with E-state index in [1.807, 2.05) is 48.4 Å². The highest BCUT2D eigenvalue weighted by Crippen LogP contribution is 2.28. The van der Waals surface area contributed by atoms with Crippen molar-refractivity contribution in [3.63, 3.8) is 0 Å². The summed E-state index contributed by atoms with van der Waals surface area (Å²) in [6.45, 7) is 3.40. The van der Waals surface area contributed by atoms with Crippen LogP contribution in [0.1, 0.15) is 27.9 Å². The van der Waals surface area contributed by atoms with Gasteiger partial charge in [0.25, 0.3) is 5.91 Å². The molecule has 0 aliphatic carbocycles. The third kappa shape index (κ3) is 2.41. The molecule has 1 aliphatic heterocycles. The van der Waals surface area contributed by atoms with Crippen LogP contribution < -0.4 is 0 Å². The Hall–Kier alpha value is -2.60. The summed E-state index contributed by atoms with van der Waals surface area (Å²) in [6, 6.07) is 9.29. The summed E-state index contributed by atoms with van der Waals surface area (Å²) in [5.41, 5.74) is 1.40. The van der Waals surface area contributed by atoms with Crippen LogP contribution in [0.15, 0.2) is 47.1 Å². The number of aryl methyl sites for hydroxylation is 1. The highest BCUT2D eigenvalue weighted by atomic mass is 16.5. The Kier molecular flexibility index (Phi) is 3.38. The number of hydrogen-bond acceptors (Lipinski definition) is 4. The molecular formula is C17H17N3O3. The van der Waals surface area contributed by atoms with Crippen LogP contribution in [-0.2, 0) is 4.74 Å². The fourth-order valence-corrected chi connectivity index (χ4v) is 2.97. The van der Waals surface area contributed by atoms with Gasteiger partial charge in [-0.2, -0.15) is 5.10 Å². The highest BCUT2D eigenvalue weighted by Gasteiger charge is 2.32. The number of carbonyl (C=O) groups is 1. The van der Waals surface area contributed by atoms with Crippen molar-refractivity contribution >= 4 is 11.4 Å². The molecule has 3 aromatic heterocycles. The quantitative estimate of drug-likeness (QED) is 0.729. The predicted octanol–water partition coefficient (Wildman–Crippen LogP) is 2.45. The molecule has 1 atom stereocenters. The summed E-state index contributed by atoms with van der Waals surface area (Å²) in [6.07, 6.45) is 3.45. The number of ether oxygens (including phenoxy) is 1. The van der Waals surface area contributed by atoms with Gasteiger partial charge in [0.2, 0.25) is 0 Å². The van der Waals surface area contributed by atoms with E-state index in [0.29, 0.717) is 25.3 Å². The van der Waals surface area contributed by atoms with Gasteiger partial charge in [-0.1, -0.05) is 6.07 Å². The number of rotatable bonds is 2. The van der Waals surface area contributed by atoms with Crippen LogP contribution in [0.3, 0.4) is 0 Å². The second-order valence-corrected chi connectivity index (χ2v) is 5.63. The standard InChI is InChI=1S/C17H17N3O3/c1-12-5-6-16(23-12)15-11-22-9-8-19(15)17(21)13-10-18-20-7-3-2-4-14(13)20/h2-7,10,15H,8-9,11H2,1H3. The van der Waals surface area contributed by atoms with Gasteiger partial charge in [-0.15, -0.1) is 0 Å². The number of furan rings is 1. The zero-order chi connectivity index (χ0) is 15.8. The van der Waals surface area contributed by atoms with E-state index in [9.17, 15) is 4.79 Å². The Balaban J connectivity index is 1.70. The summed E-state index contributed by atoms with van der Waals surface area (Å²) >= 11 is 0. The molecule has 0 radical (unpaired) electrons. The van der Waals surface area contributed by atoms with E-state index in [-0.39, 0.29) is 11.9 Å². The molecule has 1 unspecified atom stereocenters. The third-order valence-electron chi connectivity index (χ3n) is 4.14. The van der Waals surface area contributed by atoms with Gasteiger partial charge < -0.3 is 14.1 Å². The van der Waals surface area contributed by atoms with E-state index in [1.165, 1.54) is 0 Å². The fraction of sp³-hybridized carbons (Fsp3) is 0.294. The van der Waals surface area contributed by atoms with Gasteiger partial charge in [0.15, 0.2) is 0 Å². The smallest absolute Gasteiger partial charge is 0.258 e. The van der Waals surface area contributed by atoms with Crippen LogP contribution in [0.4, 0.5) is 0 Å². The van der Waals surface area contributed by atoms with Crippen molar-refractivity contribution < 1.29 is 13.9 Å². The lowest BCUT2D eigenvalue weighted by atomic mass is 10.1. The number of carbonyl (C=O) groups excluding carboxylic acids is 1. The molecule has 0 saturated carbocycles. The molecule has 0 spiro atoms. The Bertz CT molecular complexity index is 852. The second-order valence-electron chi connectivity index (χ2n) is 5.63. The SMILES string of the molecule is Cc1ccc(C2COCCN2C(=O)c2cnn3ccccc23)o1. The predicted molar refractivity (Wildman–Crippen MR) is 83.2 cm³/mol. The summed E-state index contributed by atoms with van der Waals surface area (Å²) < 4.78 is 13.0. The summed E-state index contributed by atoms with van der Waals surface area (Å²) in [4.78, 5) is 14.9. The minimum absolute atomic E-state index is 0.0476. The molecule has 4 rings (SSSR count). The molecule has 118 valence electrons. The summed E-state index contributed by atoms with van der Waals surface area (Å²) in [5.74, 6) is 1.54. The number of amides is 1. The molecule has 23 heavy (non-hydrogen) atoms. The first kappa shape index (κ1) is 14.0. The maximum absolute atomic E-state index is 13.0. The van der Waals surface area contributed by atoms with Gasteiger partial charge in [-0.3, -0.25) is 4.79 Å². The number of morpholine rings is 1. The van der Waals surface area contributed by atoms with Crippen molar-refractivity contribution in [1.29, 1.82) is 0 Å². The monoisotopic (exact) mass is 311 g/mol.